The molecule has 1 N–H and O–H groups in total. The van der Waals surface area contributed by atoms with Crippen molar-refractivity contribution in [2.24, 2.45) is 0 Å². The van der Waals surface area contributed by atoms with Crippen LogP contribution in [0.2, 0.25) is 0 Å². The largest absolute Gasteiger partial charge is 0.444 e. The molecule has 18 heavy (non-hydrogen) atoms. The van der Waals surface area contributed by atoms with Crippen molar-refractivity contribution in [1.82, 2.24) is 9.80 Å². The molecule has 5 nitrogen and oxygen atoms in total. The van der Waals surface area contributed by atoms with Crippen LogP contribution in [0.3, 0.4) is 0 Å². The fraction of sp³-hybridized carbons (Fsp3) is 0.923. The van der Waals surface area contributed by atoms with E-state index in [0.717, 1.165) is 32.5 Å². The summed E-state index contributed by atoms with van der Waals surface area (Å²) in [5, 5.41) is 9.63. The summed E-state index contributed by atoms with van der Waals surface area (Å²) in [5.41, 5.74) is -0.434. The maximum absolute atomic E-state index is 12.0. The second-order valence-corrected chi connectivity index (χ2v) is 6.31. The van der Waals surface area contributed by atoms with Crippen LogP contribution in [0.25, 0.3) is 0 Å². The number of nitrogens with zero attached hydrogens (tertiary/aromatic N) is 2. The molecular weight excluding hydrogens is 232 g/mol. The van der Waals surface area contributed by atoms with Crippen LogP contribution in [0.5, 0.6) is 0 Å². The third kappa shape index (κ3) is 3.36. The van der Waals surface area contributed by atoms with E-state index in [9.17, 15) is 9.90 Å². The van der Waals surface area contributed by atoms with E-state index in [1.807, 2.05) is 20.8 Å². The zero-order valence-electron chi connectivity index (χ0n) is 11.6. The number of amides is 1. The number of carbonyl (C=O) groups is 1. The van der Waals surface area contributed by atoms with Crippen LogP contribution >= 0.6 is 0 Å². The topological polar surface area (TPSA) is 53.0 Å². The lowest BCUT2D eigenvalue weighted by Crippen LogP contribution is -2.58. The zero-order chi connectivity index (χ0) is 13.3. The minimum absolute atomic E-state index is 0.200. The predicted molar refractivity (Wildman–Crippen MR) is 68.4 cm³/mol. The number of rotatable bonds is 0. The zero-order valence-corrected chi connectivity index (χ0v) is 11.6. The Balaban J connectivity index is 1.89. The van der Waals surface area contributed by atoms with Gasteiger partial charge < -0.3 is 14.7 Å². The van der Waals surface area contributed by atoms with E-state index in [-0.39, 0.29) is 12.2 Å². The number of carbonyl (C=O) groups excluding carboxylic acids is 1. The van der Waals surface area contributed by atoms with Gasteiger partial charge in [-0.2, -0.15) is 0 Å². The highest BCUT2D eigenvalue weighted by molar-refractivity contribution is 5.68. The van der Waals surface area contributed by atoms with Gasteiger partial charge in [0.15, 0.2) is 0 Å². The molecule has 0 aromatic rings. The van der Waals surface area contributed by atoms with Gasteiger partial charge in [0.2, 0.25) is 0 Å². The van der Waals surface area contributed by atoms with Crippen LogP contribution in [-0.2, 0) is 4.74 Å². The molecule has 0 radical (unpaired) electrons. The van der Waals surface area contributed by atoms with E-state index in [4.69, 9.17) is 4.74 Å². The van der Waals surface area contributed by atoms with Crippen LogP contribution in [0.15, 0.2) is 0 Å². The minimum atomic E-state index is -0.434. The molecule has 0 aromatic heterocycles. The van der Waals surface area contributed by atoms with E-state index < -0.39 is 5.60 Å². The van der Waals surface area contributed by atoms with Crippen molar-refractivity contribution in [1.29, 1.82) is 0 Å². The second-order valence-electron chi connectivity index (χ2n) is 6.31. The normalized spacial score (nSPS) is 29.9. The summed E-state index contributed by atoms with van der Waals surface area (Å²) in [5.74, 6) is 0. The first-order valence-corrected chi connectivity index (χ1v) is 6.75. The first kappa shape index (κ1) is 13.6. The summed E-state index contributed by atoms with van der Waals surface area (Å²) >= 11 is 0. The third-order valence-electron chi connectivity index (χ3n) is 3.53. The predicted octanol–water partition coefficient (Wildman–Crippen LogP) is 1.06. The molecule has 0 aromatic carbocycles. The van der Waals surface area contributed by atoms with Gasteiger partial charge in [-0.25, -0.2) is 4.79 Å². The van der Waals surface area contributed by atoms with Gasteiger partial charge in [-0.05, 0) is 33.6 Å². The molecule has 0 aliphatic carbocycles. The molecule has 2 atom stereocenters. The fourth-order valence-electron chi connectivity index (χ4n) is 2.65. The van der Waals surface area contributed by atoms with E-state index in [0.29, 0.717) is 12.6 Å². The lowest BCUT2D eigenvalue weighted by molar-refractivity contribution is -0.0241. The molecule has 1 amide bonds. The summed E-state index contributed by atoms with van der Waals surface area (Å²) in [6.07, 6.45) is 1.38. The Hall–Kier alpha value is -0.810. The first-order valence-electron chi connectivity index (χ1n) is 6.75. The first-order chi connectivity index (χ1) is 8.35. The van der Waals surface area contributed by atoms with Crippen molar-refractivity contribution in [2.45, 2.75) is 51.4 Å². The van der Waals surface area contributed by atoms with Crippen molar-refractivity contribution >= 4 is 6.09 Å². The third-order valence-corrected chi connectivity index (χ3v) is 3.53. The van der Waals surface area contributed by atoms with Crippen LogP contribution in [0.4, 0.5) is 4.79 Å². The average molecular weight is 256 g/mol. The molecule has 2 saturated heterocycles. The SMILES string of the molecule is CC(C)(C)OC(=O)N1CCN2C[C@@H](O)CC[C@@H]2C1. The highest BCUT2D eigenvalue weighted by Crippen LogP contribution is 2.22. The Morgan fingerprint density at radius 3 is 2.61 bits per heavy atom. The van der Waals surface area contributed by atoms with Crippen molar-refractivity contribution in [3.8, 4) is 0 Å². The number of piperidine rings is 1. The van der Waals surface area contributed by atoms with Gasteiger partial charge in [0.25, 0.3) is 0 Å². The molecule has 5 heteroatoms. The van der Waals surface area contributed by atoms with Crippen molar-refractivity contribution in [3.63, 3.8) is 0 Å². The standard InChI is InChI=1S/C13H24N2O3/c1-13(2,3)18-12(17)15-7-6-14-9-11(16)5-4-10(14)8-15/h10-11,16H,4-9H2,1-3H3/t10-,11+/m1/s1. The quantitative estimate of drug-likeness (QED) is 0.704. The molecule has 2 rings (SSSR count). The molecule has 2 aliphatic heterocycles. The number of ether oxygens (including phenoxy) is 1. The monoisotopic (exact) mass is 256 g/mol. The molecule has 0 bridgehead atoms. The number of fused-ring (bicyclic) bond motifs is 1. The Morgan fingerprint density at radius 1 is 1.22 bits per heavy atom. The summed E-state index contributed by atoms with van der Waals surface area (Å²) in [6, 6.07) is 0.384. The molecular formula is C13H24N2O3. The Kier molecular flexibility index (Phi) is 3.82. The number of hydrogen-bond donors (Lipinski definition) is 1. The summed E-state index contributed by atoms with van der Waals surface area (Å²) in [7, 11) is 0. The van der Waals surface area contributed by atoms with Crippen molar-refractivity contribution < 1.29 is 14.6 Å². The Labute approximate surface area is 109 Å². The summed E-state index contributed by atoms with van der Waals surface area (Å²) in [6.45, 7) is 8.65. The van der Waals surface area contributed by atoms with Crippen molar-refractivity contribution in [3.05, 3.63) is 0 Å². The van der Waals surface area contributed by atoms with Crippen LogP contribution < -0.4 is 0 Å². The lowest BCUT2D eigenvalue weighted by Gasteiger charge is -2.45. The maximum Gasteiger partial charge on any atom is 0.410 e. The van der Waals surface area contributed by atoms with Crippen LogP contribution in [-0.4, -0.2) is 64.9 Å². The molecule has 0 unspecified atom stereocenters. The van der Waals surface area contributed by atoms with Gasteiger partial charge in [-0.15, -0.1) is 0 Å². The van der Waals surface area contributed by atoms with Gasteiger partial charge in [0.05, 0.1) is 6.10 Å². The number of hydrogen-bond acceptors (Lipinski definition) is 4. The van der Waals surface area contributed by atoms with E-state index in [1.165, 1.54) is 0 Å². The summed E-state index contributed by atoms with van der Waals surface area (Å²) < 4.78 is 5.40. The number of aliphatic hydroxyl groups excluding tert-OH is 1. The Bertz CT molecular complexity index is 314. The van der Waals surface area contributed by atoms with Gasteiger partial charge >= 0.3 is 6.09 Å². The van der Waals surface area contributed by atoms with E-state index in [2.05, 4.69) is 4.90 Å². The number of piperazine rings is 1. The molecule has 104 valence electrons. The van der Waals surface area contributed by atoms with E-state index >= 15 is 0 Å². The van der Waals surface area contributed by atoms with Crippen molar-refractivity contribution in [2.75, 3.05) is 26.2 Å². The number of aliphatic hydroxyl groups is 1. The summed E-state index contributed by atoms with van der Waals surface area (Å²) in [4.78, 5) is 16.1. The molecule has 2 aliphatic rings. The van der Waals surface area contributed by atoms with Gasteiger partial charge in [-0.1, -0.05) is 0 Å². The van der Waals surface area contributed by atoms with Gasteiger partial charge in [0, 0.05) is 32.2 Å². The second kappa shape index (κ2) is 5.05. The highest BCUT2D eigenvalue weighted by atomic mass is 16.6. The lowest BCUT2D eigenvalue weighted by atomic mass is 9.98. The molecule has 2 heterocycles. The van der Waals surface area contributed by atoms with Gasteiger partial charge in [-0.3, -0.25) is 4.90 Å². The smallest absolute Gasteiger partial charge is 0.410 e. The average Bonchev–Trinajstić information content (AvgIpc) is 2.26. The Morgan fingerprint density at radius 2 is 1.94 bits per heavy atom. The van der Waals surface area contributed by atoms with Gasteiger partial charge in [0.1, 0.15) is 5.60 Å². The molecule has 0 spiro atoms. The van der Waals surface area contributed by atoms with Crippen LogP contribution in [0.1, 0.15) is 33.6 Å². The molecule has 2 fully saturated rings. The van der Waals surface area contributed by atoms with Crippen LogP contribution in [0, 0.1) is 0 Å². The van der Waals surface area contributed by atoms with E-state index in [1.54, 1.807) is 4.90 Å². The molecule has 0 saturated carbocycles. The fourth-order valence-corrected chi connectivity index (χ4v) is 2.65. The highest BCUT2D eigenvalue weighted by Gasteiger charge is 2.35. The maximum atomic E-state index is 12.0. The minimum Gasteiger partial charge on any atom is -0.444 e.